The van der Waals surface area contributed by atoms with Gasteiger partial charge in [0.15, 0.2) is 0 Å². The fraction of sp³-hybridized carbons (Fsp3) is 0.600. The molecule has 0 spiro atoms. The largest absolute Gasteiger partial charge is 0.406 e. The minimum atomic E-state index is -4.42. The average Bonchev–Trinajstić information content (AvgIpc) is 3.02. The van der Waals surface area contributed by atoms with E-state index in [1.165, 1.54) is 23.3 Å². The van der Waals surface area contributed by atoms with Crippen molar-refractivity contribution in [2.75, 3.05) is 20.1 Å². The number of rotatable bonds is 4. The van der Waals surface area contributed by atoms with Gasteiger partial charge in [-0.1, -0.05) is 0 Å². The molecule has 0 radical (unpaired) electrons. The Balaban J connectivity index is 2.04. The summed E-state index contributed by atoms with van der Waals surface area (Å²) in [5, 5.41) is 0. The lowest BCUT2D eigenvalue weighted by Gasteiger charge is -2.26. The van der Waals surface area contributed by atoms with Crippen molar-refractivity contribution >= 4 is 23.2 Å². The van der Waals surface area contributed by atoms with Crippen LogP contribution in [0.5, 0.6) is 0 Å². The van der Waals surface area contributed by atoms with Gasteiger partial charge in [0.1, 0.15) is 12.6 Å². The summed E-state index contributed by atoms with van der Waals surface area (Å²) < 4.78 is 37.3. The maximum atomic E-state index is 12.5. The molecule has 1 aromatic heterocycles. The van der Waals surface area contributed by atoms with Crippen molar-refractivity contribution in [3.05, 3.63) is 21.9 Å². The molecule has 128 valence electrons. The minimum Gasteiger partial charge on any atom is -0.333 e. The van der Waals surface area contributed by atoms with Crippen molar-refractivity contribution in [2.45, 2.75) is 38.4 Å². The lowest BCUT2D eigenvalue weighted by atomic mass is 10.1. The molecule has 0 aromatic carbocycles. The first-order chi connectivity index (χ1) is 10.6. The Bertz CT molecular complexity index is 600. The number of aryl methyl sites for hydroxylation is 1. The Morgan fingerprint density at radius 2 is 2.13 bits per heavy atom. The van der Waals surface area contributed by atoms with Gasteiger partial charge in [0.2, 0.25) is 11.8 Å². The summed E-state index contributed by atoms with van der Waals surface area (Å²) in [6, 6.07) is 2.96. The van der Waals surface area contributed by atoms with Crippen LogP contribution in [-0.4, -0.2) is 54.0 Å². The molecular formula is C15H19F3N2O2S. The second-order valence-corrected chi connectivity index (χ2v) is 7.12. The molecule has 2 amide bonds. The Kier molecular flexibility index (Phi) is 5.03. The fourth-order valence-electron chi connectivity index (χ4n) is 2.72. The van der Waals surface area contributed by atoms with Crippen LogP contribution in [0.25, 0.3) is 0 Å². The number of hydrogen-bond donors (Lipinski definition) is 0. The van der Waals surface area contributed by atoms with Crippen LogP contribution >= 0.6 is 11.3 Å². The Morgan fingerprint density at radius 3 is 2.65 bits per heavy atom. The lowest BCUT2D eigenvalue weighted by molar-refractivity contribution is -0.159. The second kappa shape index (κ2) is 6.51. The van der Waals surface area contributed by atoms with Crippen LogP contribution in [0.1, 0.15) is 29.0 Å². The molecule has 23 heavy (non-hydrogen) atoms. The molecule has 1 aliphatic heterocycles. The number of likely N-dealkylation sites (tertiary alicyclic amines) is 1. The molecule has 8 heteroatoms. The smallest absolute Gasteiger partial charge is 0.333 e. The van der Waals surface area contributed by atoms with Crippen molar-refractivity contribution in [2.24, 2.45) is 0 Å². The van der Waals surface area contributed by atoms with Crippen molar-refractivity contribution in [1.29, 1.82) is 0 Å². The van der Waals surface area contributed by atoms with E-state index in [1.54, 1.807) is 6.92 Å². The van der Waals surface area contributed by atoms with Gasteiger partial charge >= 0.3 is 6.18 Å². The van der Waals surface area contributed by atoms with Crippen molar-refractivity contribution < 1.29 is 22.8 Å². The summed E-state index contributed by atoms with van der Waals surface area (Å²) in [6.07, 6.45) is -4.19. The Hall–Kier alpha value is -1.57. The van der Waals surface area contributed by atoms with E-state index in [4.69, 9.17) is 0 Å². The van der Waals surface area contributed by atoms with Gasteiger partial charge in [-0.3, -0.25) is 9.59 Å². The maximum Gasteiger partial charge on any atom is 0.406 e. The average molecular weight is 348 g/mol. The van der Waals surface area contributed by atoms with Gasteiger partial charge in [0, 0.05) is 23.3 Å². The summed E-state index contributed by atoms with van der Waals surface area (Å²) in [5.41, 5.74) is 0. The van der Waals surface area contributed by atoms with Crippen LogP contribution in [0.3, 0.4) is 0 Å². The van der Waals surface area contributed by atoms with Crippen molar-refractivity contribution in [3.63, 3.8) is 0 Å². The number of halogens is 3. The molecule has 2 heterocycles. The van der Waals surface area contributed by atoms with Crippen LogP contribution in [0.2, 0.25) is 0 Å². The molecule has 0 bridgehead atoms. The number of amides is 2. The van der Waals surface area contributed by atoms with Gasteiger partial charge in [-0.2, -0.15) is 13.2 Å². The van der Waals surface area contributed by atoms with Crippen LogP contribution in [0, 0.1) is 6.92 Å². The number of hydrogen-bond acceptors (Lipinski definition) is 3. The summed E-state index contributed by atoms with van der Waals surface area (Å²) in [6.45, 7) is 2.44. The zero-order valence-electron chi connectivity index (χ0n) is 13.2. The molecular weight excluding hydrogens is 329 g/mol. The highest BCUT2D eigenvalue weighted by Crippen LogP contribution is 2.28. The van der Waals surface area contributed by atoms with E-state index in [9.17, 15) is 22.8 Å². The molecule has 0 saturated carbocycles. The van der Waals surface area contributed by atoms with E-state index in [0.717, 1.165) is 14.7 Å². The monoisotopic (exact) mass is 348 g/mol. The fourth-order valence-corrected chi connectivity index (χ4v) is 3.64. The first kappa shape index (κ1) is 17.8. The Labute approximate surface area is 136 Å². The SMILES string of the molecule is Cc1ccc(C(C)C(=O)N(C)C2CCN(CC(F)(F)F)C2=O)s1. The van der Waals surface area contributed by atoms with Crippen LogP contribution in [0.15, 0.2) is 12.1 Å². The third-order valence-electron chi connectivity index (χ3n) is 4.01. The molecule has 1 saturated heterocycles. The number of nitrogens with zero attached hydrogens (tertiary/aromatic N) is 2. The molecule has 2 unspecified atom stereocenters. The molecule has 2 atom stereocenters. The molecule has 0 N–H and O–H groups in total. The number of likely N-dealkylation sites (N-methyl/N-ethyl adjacent to an activating group) is 1. The van der Waals surface area contributed by atoms with Crippen LogP contribution in [-0.2, 0) is 9.59 Å². The summed E-state index contributed by atoms with van der Waals surface area (Å²) in [5.74, 6) is -1.30. The van der Waals surface area contributed by atoms with E-state index in [-0.39, 0.29) is 18.9 Å². The van der Waals surface area contributed by atoms with Gasteiger partial charge in [0.05, 0.1) is 5.92 Å². The third kappa shape index (κ3) is 4.04. The number of carbonyl (C=O) groups is 2. The quantitative estimate of drug-likeness (QED) is 0.840. The number of thiophene rings is 1. The summed E-state index contributed by atoms with van der Waals surface area (Å²) >= 11 is 1.50. The zero-order chi connectivity index (χ0) is 17.4. The highest BCUT2D eigenvalue weighted by atomic mass is 32.1. The molecule has 0 aliphatic carbocycles. The first-order valence-electron chi connectivity index (χ1n) is 7.28. The molecule has 1 aromatic rings. The second-order valence-electron chi connectivity index (χ2n) is 5.80. The summed E-state index contributed by atoms with van der Waals surface area (Å²) in [4.78, 5) is 28.7. The standard InChI is InChI=1S/C15H19F3N2O2S/c1-9-4-5-12(23-9)10(2)13(21)19(3)11-6-7-20(14(11)22)8-15(16,17)18/h4-5,10-11H,6-8H2,1-3H3. The van der Waals surface area contributed by atoms with Gasteiger partial charge in [-0.15, -0.1) is 11.3 Å². The van der Waals surface area contributed by atoms with Gasteiger partial charge < -0.3 is 9.80 Å². The first-order valence-corrected chi connectivity index (χ1v) is 8.10. The van der Waals surface area contributed by atoms with Gasteiger partial charge in [-0.25, -0.2) is 0 Å². The predicted molar refractivity (Wildman–Crippen MR) is 81.3 cm³/mol. The maximum absolute atomic E-state index is 12.5. The molecule has 1 fully saturated rings. The molecule has 2 rings (SSSR count). The predicted octanol–water partition coefficient (Wildman–Crippen LogP) is 2.78. The van der Waals surface area contributed by atoms with E-state index < -0.39 is 30.6 Å². The van der Waals surface area contributed by atoms with E-state index in [1.807, 2.05) is 19.1 Å². The van der Waals surface area contributed by atoms with E-state index in [0.29, 0.717) is 0 Å². The highest BCUT2D eigenvalue weighted by Gasteiger charge is 2.42. The van der Waals surface area contributed by atoms with Crippen LogP contribution in [0.4, 0.5) is 13.2 Å². The third-order valence-corrected chi connectivity index (χ3v) is 5.20. The zero-order valence-corrected chi connectivity index (χ0v) is 14.0. The number of carbonyl (C=O) groups excluding carboxylic acids is 2. The molecule has 1 aliphatic rings. The lowest BCUT2D eigenvalue weighted by Crippen LogP contribution is -2.45. The van der Waals surface area contributed by atoms with Crippen LogP contribution < -0.4 is 0 Å². The van der Waals surface area contributed by atoms with Crippen molar-refractivity contribution in [1.82, 2.24) is 9.80 Å². The number of alkyl halides is 3. The van der Waals surface area contributed by atoms with Gasteiger partial charge in [-0.05, 0) is 32.4 Å². The van der Waals surface area contributed by atoms with E-state index >= 15 is 0 Å². The topological polar surface area (TPSA) is 40.6 Å². The van der Waals surface area contributed by atoms with E-state index in [2.05, 4.69) is 0 Å². The molecule has 4 nitrogen and oxygen atoms in total. The minimum absolute atomic E-state index is 0.0210. The summed E-state index contributed by atoms with van der Waals surface area (Å²) in [7, 11) is 1.49. The van der Waals surface area contributed by atoms with Crippen molar-refractivity contribution in [3.8, 4) is 0 Å². The normalized spacial score (nSPS) is 20.0. The Morgan fingerprint density at radius 1 is 1.48 bits per heavy atom. The van der Waals surface area contributed by atoms with Gasteiger partial charge in [0.25, 0.3) is 0 Å². The highest BCUT2D eigenvalue weighted by molar-refractivity contribution is 7.12.